The Balaban J connectivity index is 1.16. The van der Waals surface area contributed by atoms with Crippen molar-refractivity contribution in [1.29, 1.82) is 5.26 Å². The zero-order chi connectivity index (χ0) is 28.4. The van der Waals surface area contributed by atoms with Gasteiger partial charge in [0.1, 0.15) is 17.8 Å². The number of aryl methyl sites for hydroxylation is 1. The van der Waals surface area contributed by atoms with Crippen LogP contribution in [-0.4, -0.2) is 43.6 Å². The molecule has 7 rings (SSSR count). The molecule has 1 saturated heterocycles. The second-order valence-electron chi connectivity index (χ2n) is 13.9. The lowest BCUT2D eigenvalue weighted by Crippen LogP contribution is -2.44. The van der Waals surface area contributed by atoms with E-state index in [4.69, 9.17) is 4.98 Å². The topological polar surface area (TPSA) is 99.7 Å². The number of nitrogens with one attached hydrogen (secondary N) is 1. The Morgan fingerprint density at radius 1 is 1.17 bits per heavy atom. The molecule has 1 aromatic carbocycles. The number of pyridine rings is 1. The zero-order valence-corrected chi connectivity index (χ0v) is 24.4. The number of nitrogens with zero attached hydrogens (tertiary/aromatic N) is 6. The predicted molar refractivity (Wildman–Crippen MR) is 156 cm³/mol. The van der Waals surface area contributed by atoms with Crippen molar-refractivity contribution in [3.8, 4) is 6.07 Å². The first kappa shape index (κ1) is 26.3. The maximum Gasteiger partial charge on any atom is 0.274 e. The Morgan fingerprint density at radius 3 is 2.71 bits per heavy atom. The monoisotopic (exact) mass is 549 g/mol. The minimum atomic E-state index is -0.314. The fourth-order valence-corrected chi connectivity index (χ4v) is 7.82. The Morgan fingerprint density at radius 2 is 2.00 bits per heavy atom. The zero-order valence-electron chi connectivity index (χ0n) is 24.4. The third-order valence-corrected chi connectivity index (χ3v) is 10.4. The van der Waals surface area contributed by atoms with Gasteiger partial charge in [-0.05, 0) is 97.7 Å². The predicted octanol–water partition coefficient (Wildman–Crippen LogP) is 5.28. The summed E-state index contributed by atoms with van der Waals surface area (Å²) in [5, 5.41) is 21.0. The highest BCUT2D eigenvalue weighted by Gasteiger charge is 2.50. The smallest absolute Gasteiger partial charge is 0.274 e. The van der Waals surface area contributed by atoms with Crippen molar-refractivity contribution in [3.05, 3.63) is 70.6 Å². The lowest BCUT2D eigenvalue weighted by Gasteiger charge is -2.46. The van der Waals surface area contributed by atoms with Crippen LogP contribution in [0.15, 0.2) is 36.7 Å². The van der Waals surface area contributed by atoms with Crippen LogP contribution >= 0.6 is 0 Å². The van der Waals surface area contributed by atoms with Crippen LogP contribution in [0.2, 0.25) is 0 Å². The summed E-state index contributed by atoms with van der Waals surface area (Å²) in [5.41, 5.74) is 6.29. The molecule has 1 spiro atoms. The van der Waals surface area contributed by atoms with Gasteiger partial charge in [-0.15, -0.1) is 10.2 Å². The first-order chi connectivity index (χ1) is 19.7. The molecule has 3 heterocycles. The number of rotatable bonds is 7. The summed E-state index contributed by atoms with van der Waals surface area (Å²) in [4.78, 5) is 21.3. The number of amides is 1. The number of fused-ring (bicyclic) bond motifs is 1. The summed E-state index contributed by atoms with van der Waals surface area (Å²) in [5.74, 6) is 1.06. The summed E-state index contributed by atoms with van der Waals surface area (Å²) < 4.78 is 1.97. The average molecular weight is 550 g/mol. The van der Waals surface area contributed by atoms with Gasteiger partial charge in [0.05, 0.1) is 17.2 Å². The van der Waals surface area contributed by atoms with E-state index in [2.05, 4.69) is 58.5 Å². The van der Waals surface area contributed by atoms with Crippen LogP contribution in [-0.2, 0) is 30.8 Å². The highest BCUT2D eigenvalue weighted by atomic mass is 16.1. The SMILES string of the molecule is Cn1cnnc1C1(c2cccc(NC(=O)c3cc(CN4CCC5(CC5)C4)c4c(n3)C(C)(C)CC4)c2)CC(CC#N)C1. The van der Waals surface area contributed by atoms with Crippen LogP contribution in [0.5, 0.6) is 0 Å². The van der Waals surface area contributed by atoms with Gasteiger partial charge in [-0.1, -0.05) is 26.0 Å². The molecular weight excluding hydrogens is 510 g/mol. The van der Waals surface area contributed by atoms with E-state index in [9.17, 15) is 10.1 Å². The van der Waals surface area contributed by atoms with Gasteiger partial charge in [-0.25, -0.2) is 4.98 Å². The summed E-state index contributed by atoms with van der Waals surface area (Å²) in [6, 6.07) is 12.5. The van der Waals surface area contributed by atoms with Crippen molar-refractivity contribution in [3.63, 3.8) is 0 Å². The molecule has 8 heteroatoms. The molecule has 1 amide bonds. The van der Waals surface area contributed by atoms with Gasteiger partial charge in [0.25, 0.3) is 5.91 Å². The van der Waals surface area contributed by atoms with Crippen LogP contribution in [0.1, 0.15) is 97.5 Å². The van der Waals surface area contributed by atoms with Gasteiger partial charge < -0.3 is 9.88 Å². The Labute approximate surface area is 242 Å². The van der Waals surface area contributed by atoms with Crippen LogP contribution in [0.25, 0.3) is 0 Å². The van der Waals surface area contributed by atoms with E-state index in [0.29, 0.717) is 23.4 Å². The highest BCUT2D eigenvalue weighted by Crippen LogP contribution is 2.54. The molecule has 2 aromatic heterocycles. The van der Waals surface area contributed by atoms with E-state index in [1.54, 1.807) is 6.33 Å². The van der Waals surface area contributed by atoms with Gasteiger partial charge in [-0.3, -0.25) is 9.69 Å². The molecule has 3 aliphatic carbocycles. The first-order valence-electron chi connectivity index (χ1n) is 15.1. The lowest BCUT2D eigenvalue weighted by molar-refractivity contribution is 0.102. The maximum atomic E-state index is 13.7. The number of benzene rings is 1. The van der Waals surface area contributed by atoms with Crippen LogP contribution < -0.4 is 5.32 Å². The van der Waals surface area contributed by atoms with Gasteiger partial charge in [0.15, 0.2) is 0 Å². The number of hydrogen-bond donors (Lipinski definition) is 1. The van der Waals surface area contributed by atoms with E-state index in [-0.39, 0.29) is 16.7 Å². The van der Waals surface area contributed by atoms with Gasteiger partial charge in [0.2, 0.25) is 0 Å². The molecule has 0 radical (unpaired) electrons. The van der Waals surface area contributed by atoms with Crippen LogP contribution in [0, 0.1) is 22.7 Å². The Hall–Kier alpha value is -3.57. The summed E-state index contributed by atoms with van der Waals surface area (Å²) >= 11 is 0. The van der Waals surface area contributed by atoms with E-state index in [0.717, 1.165) is 61.5 Å². The second-order valence-corrected chi connectivity index (χ2v) is 13.9. The molecule has 3 fully saturated rings. The third kappa shape index (κ3) is 4.55. The largest absolute Gasteiger partial charge is 0.321 e. The van der Waals surface area contributed by atoms with Crippen LogP contribution in [0.4, 0.5) is 5.69 Å². The molecule has 3 aromatic rings. The number of hydrogen-bond acceptors (Lipinski definition) is 6. The van der Waals surface area contributed by atoms with Gasteiger partial charge in [-0.2, -0.15) is 5.26 Å². The van der Waals surface area contributed by atoms with Crippen molar-refractivity contribution < 1.29 is 4.79 Å². The number of carbonyl (C=O) groups excluding carboxylic acids is 1. The molecule has 1 aliphatic heterocycles. The molecule has 0 bridgehead atoms. The number of anilines is 1. The molecule has 41 heavy (non-hydrogen) atoms. The number of likely N-dealkylation sites (tertiary alicyclic amines) is 1. The first-order valence-corrected chi connectivity index (χ1v) is 15.1. The normalized spacial score (nSPS) is 25.5. The molecule has 2 saturated carbocycles. The average Bonchev–Trinajstić information content (AvgIpc) is 3.19. The molecule has 8 nitrogen and oxygen atoms in total. The highest BCUT2D eigenvalue weighted by molar-refractivity contribution is 6.03. The Kier molecular flexibility index (Phi) is 6.09. The fraction of sp³-hybridized carbons (Fsp3) is 0.545. The van der Waals surface area contributed by atoms with Crippen LogP contribution in [0.3, 0.4) is 0 Å². The molecule has 4 aliphatic rings. The van der Waals surface area contributed by atoms with E-state index >= 15 is 0 Å². The standard InChI is InChI=1S/C33H39N7O/c1-31(2)9-7-26-23(19-40-14-12-32(20-40)10-11-32)15-27(37-28(26)31)29(41)36-25-6-4-5-24(16-25)33(17-22(18-33)8-13-34)30-38-35-21-39(30)3/h4-6,15-16,21-22H,7-12,14,17-20H2,1-3H3,(H,36,41). The van der Waals surface area contributed by atoms with Crippen molar-refractivity contribution in [2.24, 2.45) is 18.4 Å². The second kappa shape index (κ2) is 9.49. The summed E-state index contributed by atoms with van der Waals surface area (Å²) in [6.45, 7) is 7.74. The quantitative estimate of drug-likeness (QED) is 0.430. The number of nitriles is 1. The van der Waals surface area contributed by atoms with E-state index < -0.39 is 0 Å². The van der Waals surface area contributed by atoms with Gasteiger partial charge in [0, 0.05) is 37.7 Å². The maximum absolute atomic E-state index is 13.7. The van der Waals surface area contributed by atoms with Gasteiger partial charge >= 0.3 is 0 Å². The van der Waals surface area contributed by atoms with E-state index in [1.165, 1.54) is 36.9 Å². The van der Waals surface area contributed by atoms with Crippen molar-refractivity contribution >= 4 is 11.6 Å². The molecular formula is C33H39N7O. The van der Waals surface area contributed by atoms with Crippen molar-refractivity contribution in [2.75, 3.05) is 18.4 Å². The minimum Gasteiger partial charge on any atom is -0.321 e. The number of aromatic nitrogens is 4. The van der Waals surface area contributed by atoms with Crippen molar-refractivity contribution in [2.45, 2.75) is 82.6 Å². The minimum absolute atomic E-state index is 0.0321. The lowest BCUT2D eigenvalue weighted by atomic mass is 9.57. The molecule has 1 N–H and O–H groups in total. The number of carbonyl (C=O) groups is 1. The van der Waals surface area contributed by atoms with Crippen molar-refractivity contribution in [1.82, 2.24) is 24.6 Å². The Bertz CT molecular complexity index is 1550. The third-order valence-electron chi connectivity index (χ3n) is 10.4. The molecule has 0 atom stereocenters. The fourth-order valence-electron chi connectivity index (χ4n) is 7.82. The summed E-state index contributed by atoms with van der Waals surface area (Å²) in [6.07, 6.45) is 10.1. The van der Waals surface area contributed by atoms with E-state index in [1.807, 2.05) is 23.7 Å². The molecule has 212 valence electrons. The molecule has 0 unspecified atom stereocenters. The summed E-state index contributed by atoms with van der Waals surface area (Å²) in [7, 11) is 1.96.